The predicted molar refractivity (Wildman–Crippen MR) is 91.7 cm³/mol. The summed E-state index contributed by atoms with van der Waals surface area (Å²) >= 11 is 0. The molecule has 0 aliphatic heterocycles. The lowest BCUT2D eigenvalue weighted by molar-refractivity contribution is 0.597. The van der Waals surface area contributed by atoms with E-state index in [9.17, 15) is 8.42 Å². The maximum absolute atomic E-state index is 11.5. The average Bonchev–Trinajstić information content (AvgIpc) is 3.15. The van der Waals surface area contributed by atoms with E-state index in [1.807, 2.05) is 18.2 Å². The molecule has 1 aromatic carbocycles. The Morgan fingerprint density at radius 1 is 0.960 bits per heavy atom. The van der Waals surface area contributed by atoms with E-state index in [1.165, 1.54) is 12.3 Å². The maximum Gasteiger partial charge on any atom is 0.239 e. The molecule has 0 saturated carbocycles. The molecule has 4 aromatic rings. The Labute approximate surface area is 142 Å². The van der Waals surface area contributed by atoms with Gasteiger partial charge in [0.2, 0.25) is 10.0 Å². The molecule has 0 radical (unpaired) electrons. The van der Waals surface area contributed by atoms with Crippen molar-refractivity contribution in [3.05, 3.63) is 55.1 Å². The third kappa shape index (κ3) is 2.97. The van der Waals surface area contributed by atoms with Crippen LogP contribution in [0.15, 0.2) is 60.0 Å². The van der Waals surface area contributed by atoms with Crippen molar-refractivity contribution in [1.29, 1.82) is 0 Å². The molecular weight excluding hydrogens is 340 g/mol. The van der Waals surface area contributed by atoms with Crippen molar-refractivity contribution in [1.82, 2.24) is 25.1 Å². The highest BCUT2D eigenvalue weighted by Gasteiger charge is 2.11. The fraction of sp³-hybridized carbons (Fsp3) is 0. The standard InChI is InChI=1S/C16H12N6O2S/c17-25(23,24)12-5-11(7-18-8-12)10-1-2-13-15(6-10)21-16(9-19-13)14-3-4-20-22-14/h1-9H,(H,20,22)(H2,17,23,24). The fourth-order valence-electron chi connectivity index (χ4n) is 2.45. The molecule has 3 aromatic heterocycles. The van der Waals surface area contributed by atoms with Crippen LogP contribution in [0.25, 0.3) is 33.5 Å². The van der Waals surface area contributed by atoms with Crippen molar-refractivity contribution in [3.63, 3.8) is 0 Å². The molecule has 9 heteroatoms. The van der Waals surface area contributed by atoms with E-state index in [1.54, 1.807) is 24.7 Å². The largest absolute Gasteiger partial charge is 0.276 e. The topological polar surface area (TPSA) is 128 Å². The zero-order chi connectivity index (χ0) is 17.4. The molecule has 0 spiro atoms. The van der Waals surface area contributed by atoms with Gasteiger partial charge in [-0.3, -0.25) is 15.1 Å². The number of hydrogen-bond donors (Lipinski definition) is 2. The monoisotopic (exact) mass is 352 g/mol. The zero-order valence-corrected chi connectivity index (χ0v) is 13.6. The first-order valence-corrected chi connectivity index (χ1v) is 8.80. The predicted octanol–water partition coefficient (Wildman–Crippen LogP) is 1.73. The smallest absolute Gasteiger partial charge is 0.239 e. The van der Waals surface area contributed by atoms with Crippen LogP contribution in [0.3, 0.4) is 0 Å². The number of nitrogens with two attached hydrogens (primary N) is 1. The van der Waals surface area contributed by atoms with Crippen molar-refractivity contribution in [2.45, 2.75) is 4.90 Å². The van der Waals surface area contributed by atoms with Gasteiger partial charge in [-0.15, -0.1) is 0 Å². The Kier molecular flexibility index (Phi) is 3.52. The SMILES string of the molecule is NS(=O)(=O)c1cncc(-c2ccc3ncc(-c4ccn[nH]4)nc3c2)c1. The second-order valence-electron chi connectivity index (χ2n) is 5.38. The quantitative estimate of drug-likeness (QED) is 0.578. The number of fused-ring (bicyclic) bond motifs is 1. The molecule has 0 aliphatic carbocycles. The number of H-pyrrole nitrogens is 1. The Morgan fingerprint density at radius 2 is 1.84 bits per heavy atom. The minimum Gasteiger partial charge on any atom is -0.276 e. The zero-order valence-electron chi connectivity index (χ0n) is 12.8. The minimum atomic E-state index is -3.81. The van der Waals surface area contributed by atoms with Crippen molar-refractivity contribution < 1.29 is 8.42 Å². The number of nitrogens with zero attached hydrogens (tertiary/aromatic N) is 4. The molecule has 0 unspecified atom stereocenters. The Balaban J connectivity index is 1.83. The van der Waals surface area contributed by atoms with E-state index in [0.29, 0.717) is 16.8 Å². The molecule has 0 bridgehead atoms. The molecule has 0 amide bonds. The van der Waals surface area contributed by atoms with E-state index < -0.39 is 10.0 Å². The van der Waals surface area contributed by atoms with Gasteiger partial charge in [-0.25, -0.2) is 18.5 Å². The number of nitrogens with one attached hydrogen (secondary N) is 1. The molecule has 25 heavy (non-hydrogen) atoms. The van der Waals surface area contributed by atoms with Crippen molar-refractivity contribution in [2.75, 3.05) is 0 Å². The van der Waals surface area contributed by atoms with Crippen molar-refractivity contribution in [3.8, 4) is 22.5 Å². The van der Waals surface area contributed by atoms with Crippen LogP contribution in [0, 0.1) is 0 Å². The number of sulfonamides is 1. The molecule has 8 nitrogen and oxygen atoms in total. The lowest BCUT2D eigenvalue weighted by Crippen LogP contribution is -2.12. The number of pyridine rings is 1. The van der Waals surface area contributed by atoms with E-state index in [4.69, 9.17) is 5.14 Å². The second kappa shape index (κ2) is 5.72. The van der Waals surface area contributed by atoms with Gasteiger partial charge in [0.1, 0.15) is 10.6 Å². The summed E-state index contributed by atoms with van der Waals surface area (Å²) in [6, 6.07) is 8.76. The lowest BCUT2D eigenvalue weighted by atomic mass is 10.1. The van der Waals surface area contributed by atoms with Crippen LogP contribution in [0.4, 0.5) is 0 Å². The van der Waals surface area contributed by atoms with Crippen LogP contribution in [-0.2, 0) is 10.0 Å². The third-order valence-corrected chi connectivity index (χ3v) is 4.57. The van der Waals surface area contributed by atoms with Crippen molar-refractivity contribution >= 4 is 21.1 Å². The molecule has 0 aliphatic rings. The molecule has 3 heterocycles. The van der Waals surface area contributed by atoms with Crippen LogP contribution in [0.2, 0.25) is 0 Å². The normalized spacial score (nSPS) is 11.7. The number of aromatic amines is 1. The number of primary sulfonamides is 1. The Bertz CT molecular complexity index is 1170. The summed E-state index contributed by atoms with van der Waals surface area (Å²) in [5.74, 6) is 0. The van der Waals surface area contributed by atoms with Crippen molar-refractivity contribution in [2.24, 2.45) is 5.14 Å². The highest BCUT2D eigenvalue weighted by atomic mass is 32.2. The van der Waals surface area contributed by atoms with E-state index in [2.05, 4.69) is 25.1 Å². The minimum absolute atomic E-state index is 0.0395. The fourth-order valence-corrected chi connectivity index (χ4v) is 2.95. The Hall–Kier alpha value is -3.17. The lowest BCUT2D eigenvalue weighted by Gasteiger charge is -2.06. The summed E-state index contributed by atoms with van der Waals surface area (Å²) < 4.78 is 23.0. The van der Waals surface area contributed by atoms with Gasteiger partial charge in [0.05, 0.1) is 22.9 Å². The van der Waals surface area contributed by atoms with Crippen LogP contribution in [-0.4, -0.2) is 33.6 Å². The molecule has 0 saturated heterocycles. The van der Waals surface area contributed by atoms with Crippen LogP contribution in [0.5, 0.6) is 0 Å². The first kappa shape index (κ1) is 15.4. The highest BCUT2D eigenvalue weighted by Crippen LogP contribution is 2.25. The van der Waals surface area contributed by atoms with Gasteiger partial charge in [-0.2, -0.15) is 5.10 Å². The number of aromatic nitrogens is 5. The first-order chi connectivity index (χ1) is 12.0. The number of hydrogen-bond acceptors (Lipinski definition) is 6. The molecule has 0 atom stereocenters. The van der Waals surface area contributed by atoms with E-state index in [-0.39, 0.29) is 4.90 Å². The number of benzene rings is 1. The molecule has 124 valence electrons. The Morgan fingerprint density at radius 3 is 2.60 bits per heavy atom. The molecule has 4 rings (SSSR count). The summed E-state index contributed by atoms with van der Waals surface area (Å²) in [7, 11) is -3.81. The summed E-state index contributed by atoms with van der Waals surface area (Å²) in [4.78, 5) is 12.9. The second-order valence-corrected chi connectivity index (χ2v) is 6.94. The van der Waals surface area contributed by atoms with Crippen LogP contribution < -0.4 is 5.14 Å². The van der Waals surface area contributed by atoms with E-state index in [0.717, 1.165) is 16.8 Å². The van der Waals surface area contributed by atoms with Gasteiger partial charge in [-0.1, -0.05) is 6.07 Å². The highest BCUT2D eigenvalue weighted by molar-refractivity contribution is 7.89. The van der Waals surface area contributed by atoms with Gasteiger partial charge in [0, 0.05) is 24.2 Å². The average molecular weight is 352 g/mol. The summed E-state index contributed by atoms with van der Waals surface area (Å²) in [6.45, 7) is 0. The molecule has 3 N–H and O–H groups in total. The molecule has 0 fully saturated rings. The third-order valence-electron chi connectivity index (χ3n) is 3.69. The molecular formula is C16H12N6O2S. The van der Waals surface area contributed by atoms with Gasteiger partial charge < -0.3 is 0 Å². The maximum atomic E-state index is 11.5. The van der Waals surface area contributed by atoms with Gasteiger partial charge >= 0.3 is 0 Å². The van der Waals surface area contributed by atoms with Crippen LogP contribution >= 0.6 is 0 Å². The van der Waals surface area contributed by atoms with E-state index >= 15 is 0 Å². The number of rotatable bonds is 3. The summed E-state index contributed by atoms with van der Waals surface area (Å²) in [5, 5.41) is 11.9. The summed E-state index contributed by atoms with van der Waals surface area (Å²) in [6.07, 6.45) is 6.10. The van der Waals surface area contributed by atoms with Crippen LogP contribution in [0.1, 0.15) is 0 Å². The van der Waals surface area contributed by atoms with Gasteiger partial charge in [0.25, 0.3) is 0 Å². The van der Waals surface area contributed by atoms with Gasteiger partial charge in [-0.05, 0) is 29.8 Å². The van der Waals surface area contributed by atoms with Gasteiger partial charge in [0.15, 0.2) is 0 Å². The summed E-state index contributed by atoms with van der Waals surface area (Å²) in [5.41, 5.74) is 4.22. The first-order valence-electron chi connectivity index (χ1n) is 7.25.